The van der Waals surface area contributed by atoms with Gasteiger partial charge in [0.15, 0.2) is 0 Å². The van der Waals surface area contributed by atoms with Crippen LogP contribution in [-0.4, -0.2) is 29.8 Å². The first-order valence-corrected chi connectivity index (χ1v) is 7.98. The lowest BCUT2D eigenvalue weighted by Gasteiger charge is -2.13. The molecule has 3 aromatic rings. The molecule has 0 saturated carbocycles. The summed E-state index contributed by atoms with van der Waals surface area (Å²) in [5.41, 5.74) is 1.99. The number of hydrogen-bond donors (Lipinski definition) is 1. The molecule has 7 heteroatoms. The van der Waals surface area contributed by atoms with Crippen molar-refractivity contribution in [2.45, 2.75) is 6.54 Å². The van der Waals surface area contributed by atoms with E-state index in [1.54, 1.807) is 16.9 Å². The minimum Gasteiger partial charge on any atom is -0.378 e. The Morgan fingerprint density at radius 2 is 1.73 bits per heavy atom. The van der Waals surface area contributed by atoms with Crippen molar-refractivity contribution in [2.24, 2.45) is 0 Å². The summed E-state index contributed by atoms with van der Waals surface area (Å²) < 4.78 is 28.2. The Labute approximate surface area is 149 Å². The van der Waals surface area contributed by atoms with Crippen molar-refractivity contribution < 1.29 is 13.6 Å². The average Bonchev–Trinajstić information content (AvgIpc) is 3.01. The van der Waals surface area contributed by atoms with Crippen molar-refractivity contribution in [3.63, 3.8) is 0 Å². The van der Waals surface area contributed by atoms with Gasteiger partial charge in [0.2, 0.25) is 0 Å². The quantitative estimate of drug-likeness (QED) is 0.761. The van der Waals surface area contributed by atoms with Crippen molar-refractivity contribution in [3.05, 3.63) is 77.5 Å². The third-order valence-corrected chi connectivity index (χ3v) is 3.87. The van der Waals surface area contributed by atoms with E-state index in [1.165, 1.54) is 0 Å². The van der Waals surface area contributed by atoms with Gasteiger partial charge in [-0.05, 0) is 29.8 Å². The number of halogens is 2. The zero-order valence-corrected chi connectivity index (χ0v) is 14.4. The molecule has 0 spiro atoms. The van der Waals surface area contributed by atoms with Crippen molar-refractivity contribution >= 4 is 17.4 Å². The molecule has 0 fully saturated rings. The molecule has 0 radical (unpaired) electrons. The van der Waals surface area contributed by atoms with Crippen molar-refractivity contribution in [3.8, 4) is 0 Å². The molecule has 0 aliphatic heterocycles. The van der Waals surface area contributed by atoms with E-state index in [2.05, 4.69) is 10.4 Å². The van der Waals surface area contributed by atoms with Crippen LogP contribution in [0.1, 0.15) is 15.9 Å². The Kier molecular flexibility index (Phi) is 4.97. The van der Waals surface area contributed by atoms with E-state index < -0.39 is 17.5 Å². The van der Waals surface area contributed by atoms with E-state index in [1.807, 2.05) is 43.3 Å². The van der Waals surface area contributed by atoms with Gasteiger partial charge in [-0.2, -0.15) is 5.10 Å². The van der Waals surface area contributed by atoms with Gasteiger partial charge in [0.25, 0.3) is 5.91 Å². The van der Waals surface area contributed by atoms with Crippen LogP contribution in [0.4, 0.5) is 20.3 Å². The number of aromatic nitrogens is 2. The van der Waals surface area contributed by atoms with Gasteiger partial charge >= 0.3 is 0 Å². The van der Waals surface area contributed by atoms with Crippen LogP contribution in [-0.2, 0) is 6.54 Å². The number of amides is 1. The maximum atomic E-state index is 13.3. The number of rotatable bonds is 5. The maximum absolute atomic E-state index is 13.3. The van der Waals surface area contributed by atoms with Gasteiger partial charge < -0.3 is 10.2 Å². The first-order valence-electron chi connectivity index (χ1n) is 7.98. The highest BCUT2D eigenvalue weighted by atomic mass is 19.1. The summed E-state index contributed by atoms with van der Waals surface area (Å²) in [6.07, 6.45) is 1.55. The minimum absolute atomic E-state index is 0.0921. The van der Waals surface area contributed by atoms with Crippen LogP contribution in [0, 0.1) is 11.6 Å². The summed E-state index contributed by atoms with van der Waals surface area (Å²) in [4.78, 5) is 14.3. The molecule has 0 unspecified atom stereocenters. The van der Waals surface area contributed by atoms with Crippen LogP contribution in [0.2, 0.25) is 0 Å². The predicted octanol–water partition coefficient (Wildman–Crippen LogP) is 3.53. The van der Waals surface area contributed by atoms with E-state index in [0.29, 0.717) is 12.4 Å². The molecule has 0 saturated heterocycles. The Balaban J connectivity index is 1.75. The Hall–Kier alpha value is -3.22. The summed E-state index contributed by atoms with van der Waals surface area (Å²) >= 11 is 0. The lowest BCUT2D eigenvalue weighted by molar-refractivity contribution is 0.102. The molecule has 3 rings (SSSR count). The SMILES string of the molecule is CN(C)c1ccc(Cn2nccc2NC(=O)c2cc(F)cc(F)c2)cc1. The monoisotopic (exact) mass is 356 g/mol. The standard InChI is InChI=1S/C19H18F2N4O/c1-24(2)17-5-3-13(4-6-17)12-25-18(7-8-22-25)23-19(26)14-9-15(20)11-16(21)10-14/h3-11H,12H2,1-2H3,(H,23,26). The second-order valence-electron chi connectivity index (χ2n) is 6.05. The molecule has 1 aromatic heterocycles. The molecule has 26 heavy (non-hydrogen) atoms. The molecule has 1 N–H and O–H groups in total. The van der Waals surface area contributed by atoms with Gasteiger partial charge in [-0.3, -0.25) is 4.79 Å². The molecular formula is C19H18F2N4O. The highest BCUT2D eigenvalue weighted by molar-refractivity contribution is 6.03. The summed E-state index contributed by atoms with van der Waals surface area (Å²) in [5.74, 6) is -1.77. The zero-order valence-electron chi connectivity index (χ0n) is 14.4. The molecule has 5 nitrogen and oxygen atoms in total. The lowest BCUT2D eigenvalue weighted by Crippen LogP contribution is -2.16. The average molecular weight is 356 g/mol. The van der Waals surface area contributed by atoms with Crippen LogP contribution in [0.5, 0.6) is 0 Å². The molecule has 0 aliphatic carbocycles. The fourth-order valence-electron chi connectivity index (χ4n) is 2.51. The number of anilines is 2. The maximum Gasteiger partial charge on any atom is 0.257 e. The Bertz CT molecular complexity index is 899. The summed E-state index contributed by atoms with van der Waals surface area (Å²) in [6, 6.07) is 12.3. The van der Waals surface area contributed by atoms with E-state index in [4.69, 9.17) is 0 Å². The third-order valence-electron chi connectivity index (χ3n) is 3.87. The molecular weight excluding hydrogens is 338 g/mol. The molecule has 0 bridgehead atoms. The normalized spacial score (nSPS) is 10.6. The fourth-order valence-corrected chi connectivity index (χ4v) is 2.51. The first-order chi connectivity index (χ1) is 12.4. The van der Waals surface area contributed by atoms with Gasteiger partial charge in [0.05, 0.1) is 12.7 Å². The van der Waals surface area contributed by atoms with E-state index >= 15 is 0 Å². The summed E-state index contributed by atoms with van der Waals surface area (Å²) in [6.45, 7) is 0.452. The number of benzene rings is 2. The topological polar surface area (TPSA) is 50.2 Å². The summed E-state index contributed by atoms with van der Waals surface area (Å²) in [7, 11) is 3.93. The molecule has 2 aromatic carbocycles. The smallest absolute Gasteiger partial charge is 0.257 e. The van der Waals surface area contributed by atoms with Crippen LogP contribution in [0.25, 0.3) is 0 Å². The van der Waals surface area contributed by atoms with Crippen LogP contribution in [0.3, 0.4) is 0 Å². The predicted molar refractivity (Wildman–Crippen MR) is 96.4 cm³/mol. The van der Waals surface area contributed by atoms with Crippen molar-refractivity contribution in [1.29, 1.82) is 0 Å². The van der Waals surface area contributed by atoms with Gasteiger partial charge in [0, 0.05) is 37.5 Å². The number of hydrogen-bond acceptors (Lipinski definition) is 3. The largest absolute Gasteiger partial charge is 0.378 e. The molecule has 1 amide bonds. The van der Waals surface area contributed by atoms with Gasteiger partial charge in [-0.25, -0.2) is 13.5 Å². The highest BCUT2D eigenvalue weighted by Crippen LogP contribution is 2.16. The van der Waals surface area contributed by atoms with Crippen molar-refractivity contribution in [1.82, 2.24) is 9.78 Å². The van der Waals surface area contributed by atoms with Gasteiger partial charge in [0.1, 0.15) is 17.5 Å². The van der Waals surface area contributed by atoms with Gasteiger partial charge in [-0.15, -0.1) is 0 Å². The fraction of sp³-hybridized carbons (Fsp3) is 0.158. The van der Waals surface area contributed by atoms with Crippen molar-refractivity contribution in [2.75, 3.05) is 24.3 Å². The van der Waals surface area contributed by atoms with Gasteiger partial charge in [-0.1, -0.05) is 12.1 Å². The highest BCUT2D eigenvalue weighted by Gasteiger charge is 2.12. The summed E-state index contributed by atoms with van der Waals surface area (Å²) in [5, 5.41) is 6.83. The number of nitrogens with zero attached hydrogens (tertiary/aromatic N) is 3. The number of carbonyl (C=O) groups is 1. The molecule has 0 atom stereocenters. The molecule has 1 heterocycles. The van der Waals surface area contributed by atoms with Crippen LogP contribution < -0.4 is 10.2 Å². The Morgan fingerprint density at radius 3 is 2.35 bits per heavy atom. The second-order valence-corrected chi connectivity index (χ2v) is 6.05. The van der Waals surface area contributed by atoms with Crippen LogP contribution >= 0.6 is 0 Å². The van der Waals surface area contributed by atoms with Crippen LogP contribution in [0.15, 0.2) is 54.7 Å². The minimum atomic E-state index is -0.801. The first kappa shape index (κ1) is 17.6. The zero-order chi connectivity index (χ0) is 18.7. The van der Waals surface area contributed by atoms with E-state index in [-0.39, 0.29) is 5.56 Å². The second kappa shape index (κ2) is 7.35. The Morgan fingerprint density at radius 1 is 1.08 bits per heavy atom. The van der Waals surface area contributed by atoms with E-state index in [0.717, 1.165) is 29.4 Å². The number of nitrogens with one attached hydrogen (secondary N) is 1. The van der Waals surface area contributed by atoms with E-state index in [9.17, 15) is 13.6 Å². The molecule has 134 valence electrons. The third kappa shape index (κ3) is 4.05. The number of carbonyl (C=O) groups excluding carboxylic acids is 1. The molecule has 0 aliphatic rings. The lowest BCUT2D eigenvalue weighted by atomic mass is 10.2.